The highest BCUT2D eigenvalue weighted by molar-refractivity contribution is 5.24. The fourth-order valence-electron chi connectivity index (χ4n) is 3.08. The van der Waals surface area contributed by atoms with E-state index in [9.17, 15) is 0 Å². The van der Waals surface area contributed by atoms with Crippen molar-refractivity contribution in [2.45, 2.75) is 64.6 Å². The predicted octanol–water partition coefficient (Wildman–Crippen LogP) is 2.90. The Morgan fingerprint density at radius 2 is 2.06 bits per heavy atom. The molecule has 3 atom stereocenters. The summed E-state index contributed by atoms with van der Waals surface area (Å²) < 4.78 is 10.8. The van der Waals surface area contributed by atoms with Crippen LogP contribution in [0.1, 0.15) is 55.7 Å². The van der Waals surface area contributed by atoms with Gasteiger partial charge in [0.05, 0.1) is 11.8 Å². The van der Waals surface area contributed by atoms with Gasteiger partial charge in [-0.2, -0.15) is 0 Å². The third-order valence-corrected chi connectivity index (χ3v) is 3.99. The van der Waals surface area contributed by atoms with Crippen LogP contribution in [0.3, 0.4) is 0 Å². The predicted molar refractivity (Wildman–Crippen MR) is 70.6 cm³/mol. The van der Waals surface area contributed by atoms with Crippen molar-refractivity contribution >= 4 is 0 Å². The molecule has 0 aromatic carbocycles. The van der Waals surface area contributed by atoms with Gasteiger partial charge in [0.2, 0.25) is 0 Å². The number of hydrogen-bond acceptors (Lipinski definition) is 4. The Balaban J connectivity index is 2.04. The number of aromatic nitrogens is 1. The number of nitrogens with one attached hydrogen (secondary N) is 1. The molecule has 1 heterocycles. The molecule has 0 spiro atoms. The normalized spacial score (nSPS) is 26.2. The van der Waals surface area contributed by atoms with Gasteiger partial charge in [-0.15, -0.1) is 0 Å². The molecule has 2 rings (SSSR count). The van der Waals surface area contributed by atoms with Gasteiger partial charge in [0.25, 0.3) is 0 Å². The van der Waals surface area contributed by atoms with E-state index in [1.54, 1.807) is 0 Å². The Morgan fingerprint density at radius 1 is 1.33 bits per heavy atom. The molecule has 18 heavy (non-hydrogen) atoms. The average molecular weight is 252 g/mol. The van der Waals surface area contributed by atoms with E-state index in [1.807, 2.05) is 21.0 Å². The van der Waals surface area contributed by atoms with Crippen LogP contribution in [0.25, 0.3) is 0 Å². The van der Waals surface area contributed by atoms with E-state index in [-0.39, 0.29) is 6.04 Å². The van der Waals surface area contributed by atoms with E-state index in [1.165, 1.54) is 24.8 Å². The Morgan fingerprint density at radius 3 is 2.67 bits per heavy atom. The van der Waals surface area contributed by atoms with Crippen molar-refractivity contribution in [3.05, 3.63) is 17.0 Å². The summed E-state index contributed by atoms with van der Waals surface area (Å²) in [6, 6.07) is 0.699. The first-order valence-corrected chi connectivity index (χ1v) is 6.85. The van der Waals surface area contributed by atoms with Gasteiger partial charge >= 0.3 is 0 Å². The zero-order chi connectivity index (χ0) is 13.1. The summed E-state index contributed by atoms with van der Waals surface area (Å²) in [5.41, 5.74) is 2.17. The van der Waals surface area contributed by atoms with Crippen LogP contribution >= 0.6 is 0 Å². The van der Waals surface area contributed by atoms with Crippen molar-refractivity contribution < 1.29 is 9.26 Å². The molecule has 0 aliphatic heterocycles. The SMILES string of the molecule is COC1CCCCC1NC(C)c1c(C)noc1C. The minimum absolute atomic E-state index is 0.261. The van der Waals surface area contributed by atoms with Crippen LogP contribution in [0, 0.1) is 13.8 Å². The Hall–Kier alpha value is -0.870. The number of ether oxygens (including phenoxy) is 1. The van der Waals surface area contributed by atoms with Crippen molar-refractivity contribution in [1.29, 1.82) is 0 Å². The molecular weight excluding hydrogens is 228 g/mol. The molecule has 0 amide bonds. The first-order chi connectivity index (χ1) is 8.63. The summed E-state index contributed by atoms with van der Waals surface area (Å²) in [7, 11) is 1.81. The molecule has 1 saturated carbocycles. The lowest BCUT2D eigenvalue weighted by atomic mass is 9.91. The van der Waals surface area contributed by atoms with Gasteiger partial charge in [0, 0.05) is 24.8 Å². The molecule has 1 fully saturated rings. The van der Waals surface area contributed by atoms with Gasteiger partial charge in [0.1, 0.15) is 5.76 Å². The quantitative estimate of drug-likeness (QED) is 0.895. The number of rotatable bonds is 4. The molecule has 1 aliphatic rings. The summed E-state index contributed by atoms with van der Waals surface area (Å²) >= 11 is 0. The zero-order valence-electron chi connectivity index (χ0n) is 11.8. The second-order valence-electron chi connectivity index (χ2n) is 5.29. The maximum atomic E-state index is 5.58. The number of nitrogens with zero attached hydrogens (tertiary/aromatic N) is 1. The summed E-state index contributed by atoms with van der Waals surface area (Å²) in [5.74, 6) is 0.914. The molecule has 4 heteroatoms. The molecular formula is C14H24N2O2. The third kappa shape index (κ3) is 2.75. The average Bonchev–Trinajstić information content (AvgIpc) is 2.69. The molecule has 0 bridgehead atoms. The van der Waals surface area contributed by atoms with Crippen LogP contribution in [0.5, 0.6) is 0 Å². The highest BCUT2D eigenvalue weighted by Crippen LogP contribution is 2.26. The maximum Gasteiger partial charge on any atom is 0.138 e. The van der Waals surface area contributed by atoms with Gasteiger partial charge in [-0.25, -0.2) is 0 Å². The lowest BCUT2D eigenvalue weighted by Crippen LogP contribution is -2.44. The van der Waals surface area contributed by atoms with E-state index in [0.717, 1.165) is 17.9 Å². The summed E-state index contributed by atoms with van der Waals surface area (Å²) in [6.07, 6.45) is 5.23. The molecule has 1 aromatic heterocycles. The van der Waals surface area contributed by atoms with Crippen molar-refractivity contribution in [2.24, 2.45) is 0 Å². The molecule has 102 valence electrons. The van der Waals surface area contributed by atoms with Crippen LogP contribution in [0.15, 0.2) is 4.52 Å². The van der Waals surface area contributed by atoms with E-state index < -0.39 is 0 Å². The second-order valence-corrected chi connectivity index (χ2v) is 5.29. The van der Waals surface area contributed by atoms with Gasteiger partial charge in [-0.3, -0.25) is 0 Å². The molecule has 4 nitrogen and oxygen atoms in total. The Kier molecular flexibility index (Phi) is 4.40. The fraction of sp³-hybridized carbons (Fsp3) is 0.786. The van der Waals surface area contributed by atoms with Gasteiger partial charge in [-0.1, -0.05) is 18.0 Å². The molecule has 0 saturated heterocycles. The van der Waals surface area contributed by atoms with Crippen molar-refractivity contribution in [3.8, 4) is 0 Å². The van der Waals surface area contributed by atoms with E-state index in [2.05, 4.69) is 17.4 Å². The number of hydrogen-bond donors (Lipinski definition) is 1. The van der Waals surface area contributed by atoms with Gasteiger partial charge < -0.3 is 14.6 Å². The standard InChI is InChI=1S/C14H24N2O2/c1-9(14-10(2)16-18-11(14)3)15-12-7-5-6-8-13(12)17-4/h9,12-13,15H,5-8H2,1-4H3. The van der Waals surface area contributed by atoms with Crippen LogP contribution < -0.4 is 5.32 Å². The third-order valence-electron chi connectivity index (χ3n) is 3.99. The summed E-state index contributed by atoms with van der Waals surface area (Å²) in [4.78, 5) is 0. The summed E-state index contributed by atoms with van der Waals surface area (Å²) in [6.45, 7) is 6.15. The first kappa shape index (κ1) is 13.6. The van der Waals surface area contributed by atoms with Crippen LogP contribution in [-0.4, -0.2) is 24.4 Å². The fourth-order valence-corrected chi connectivity index (χ4v) is 3.08. The first-order valence-electron chi connectivity index (χ1n) is 6.85. The smallest absolute Gasteiger partial charge is 0.138 e. The molecule has 0 radical (unpaired) electrons. The highest BCUT2D eigenvalue weighted by atomic mass is 16.5. The van der Waals surface area contributed by atoms with Crippen molar-refractivity contribution in [1.82, 2.24) is 10.5 Å². The minimum atomic E-state index is 0.261. The highest BCUT2D eigenvalue weighted by Gasteiger charge is 2.27. The Labute approximate surface area is 109 Å². The zero-order valence-corrected chi connectivity index (χ0v) is 11.8. The minimum Gasteiger partial charge on any atom is -0.380 e. The van der Waals surface area contributed by atoms with Crippen molar-refractivity contribution in [2.75, 3.05) is 7.11 Å². The van der Waals surface area contributed by atoms with E-state index >= 15 is 0 Å². The van der Waals surface area contributed by atoms with Gasteiger partial charge in [-0.05, 0) is 33.6 Å². The number of methoxy groups -OCH3 is 1. The molecule has 1 aromatic rings. The van der Waals surface area contributed by atoms with Crippen molar-refractivity contribution in [3.63, 3.8) is 0 Å². The largest absolute Gasteiger partial charge is 0.380 e. The van der Waals surface area contributed by atoms with Crippen LogP contribution in [0.4, 0.5) is 0 Å². The van der Waals surface area contributed by atoms with E-state index in [4.69, 9.17) is 9.26 Å². The molecule has 3 unspecified atom stereocenters. The lowest BCUT2D eigenvalue weighted by Gasteiger charge is -2.33. The van der Waals surface area contributed by atoms with Crippen LogP contribution in [-0.2, 0) is 4.74 Å². The van der Waals surface area contributed by atoms with Crippen LogP contribution in [0.2, 0.25) is 0 Å². The lowest BCUT2D eigenvalue weighted by molar-refractivity contribution is 0.0383. The Bertz CT molecular complexity index is 370. The van der Waals surface area contributed by atoms with Gasteiger partial charge in [0.15, 0.2) is 0 Å². The molecule has 1 aliphatic carbocycles. The second kappa shape index (κ2) is 5.85. The summed E-state index contributed by atoms with van der Waals surface area (Å²) in [5, 5.41) is 7.70. The topological polar surface area (TPSA) is 47.3 Å². The number of aryl methyl sites for hydroxylation is 2. The molecule has 1 N–H and O–H groups in total. The van der Waals surface area contributed by atoms with E-state index in [0.29, 0.717) is 12.1 Å². The monoisotopic (exact) mass is 252 g/mol. The maximum absolute atomic E-state index is 5.58.